The smallest absolute Gasteiger partial charge is 0.320 e. The van der Waals surface area contributed by atoms with Crippen LogP contribution in [0.2, 0.25) is 0 Å². The third-order valence-electron chi connectivity index (χ3n) is 3.88. The van der Waals surface area contributed by atoms with Gasteiger partial charge in [0.1, 0.15) is 0 Å². The molecule has 0 aliphatic carbocycles. The number of carbonyl (C=O) groups excluding carboxylic acids is 1. The lowest BCUT2D eigenvalue weighted by Gasteiger charge is -2.15. The first kappa shape index (κ1) is 17.7. The number of aromatic nitrogens is 2. The second-order valence-corrected chi connectivity index (χ2v) is 5.97. The molecule has 2 aromatic carbocycles. The molecule has 0 spiro atoms. The largest absolute Gasteiger partial charge is 0.416 e. The molecule has 3 rings (SSSR count). The fourth-order valence-electron chi connectivity index (χ4n) is 2.49. The van der Waals surface area contributed by atoms with Gasteiger partial charge in [-0.1, -0.05) is 17.7 Å². The van der Waals surface area contributed by atoms with E-state index in [-0.39, 0.29) is 5.69 Å². The summed E-state index contributed by atoms with van der Waals surface area (Å²) in [6, 6.07) is 10.00. The number of alkyl halides is 3. The van der Waals surface area contributed by atoms with Crippen LogP contribution in [0.3, 0.4) is 0 Å². The van der Waals surface area contributed by atoms with Gasteiger partial charge in [0, 0.05) is 11.8 Å². The molecule has 1 heterocycles. The van der Waals surface area contributed by atoms with Crippen molar-refractivity contribution in [3.63, 3.8) is 0 Å². The number of anilines is 1. The summed E-state index contributed by atoms with van der Waals surface area (Å²) >= 11 is 0. The van der Waals surface area contributed by atoms with Crippen molar-refractivity contribution in [1.29, 1.82) is 0 Å². The van der Waals surface area contributed by atoms with Crippen LogP contribution in [0, 0.1) is 13.8 Å². The number of benzene rings is 2. The molecular weight excluding hydrogens is 343 g/mol. The van der Waals surface area contributed by atoms with Crippen molar-refractivity contribution in [2.45, 2.75) is 20.0 Å². The number of hydrogen-bond donors (Lipinski definition) is 1. The van der Waals surface area contributed by atoms with E-state index in [4.69, 9.17) is 0 Å². The van der Waals surface area contributed by atoms with E-state index in [0.29, 0.717) is 16.9 Å². The van der Waals surface area contributed by atoms with Gasteiger partial charge in [-0.05, 0) is 44.2 Å². The zero-order valence-electron chi connectivity index (χ0n) is 14.1. The number of rotatable bonds is 3. The Morgan fingerprint density at radius 1 is 1.08 bits per heavy atom. The first-order chi connectivity index (χ1) is 12.2. The van der Waals surface area contributed by atoms with Crippen molar-refractivity contribution in [2.75, 3.05) is 5.32 Å². The zero-order valence-corrected chi connectivity index (χ0v) is 14.1. The molecule has 0 bridgehead atoms. The molecule has 1 aromatic heterocycles. The number of aryl methyl sites for hydroxylation is 2. The molecule has 134 valence electrons. The molecule has 1 amide bonds. The molecule has 0 aliphatic rings. The Morgan fingerprint density at radius 3 is 2.35 bits per heavy atom. The van der Waals surface area contributed by atoms with Crippen LogP contribution < -0.4 is 5.32 Å². The standard InChI is InChI=1S/C19H16F3N3O/c1-12-3-5-14(6-4-12)18(26)24-16-9-15(19(20,21)22)7-8-17(16)25-10-13(2)23-11-25/h3-11H,1-2H3,(H,24,26). The maximum Gasteiger partial charge on any atom is 0.416 e. The van der Waals surface area contributed by atoms with Gasteiger partial charge in [-0.15, -0.1) is 0 Å². The molecule has 1 N–H and O–H groups in total. The van der Waals surface area contributed by atoms with E-state index in [2.05, 4.69) is 10.3 Å². The molecule has 0 radical (unpaired) electrons. The lowest BCUT2D eigenvalue weighted by Crippen LogP contribution is -2.15. The summed E-state index contributed by atoms with van der Waals surface area (Å²) in [6.07, 6.45) is -1.35. The minimum absolute atomic E-state index is 0.0581. The zero-order chi connectivity index (χ0) is 18.9. The first-order valence-corrected chi connectivity index (χ1v) is 7.84. The summed E-state index contributed by atoms with van der Waals surface area (Å²) < 4.78 is 40.8. The average Bonchev–Trinajstić information content (AvgIpc) is 3.00. The number of carbonyl (C=O) groups is 1. The van der Waals surface area contributed by atoms with Crippen LogP contribution in [0.15, 0.2) is 55.0 Å². The van der Waals surface area contributed by atoms with Crippen LogP contribution in [0.4, 0.5) is 18.9 Å². The highest BCUT2D eigenvalue weighted by atomic mass is 19.4. The minimum Gasteiger partial charge on any atom is -0.320 e. The van der Waals surface area contributed by atoms with Crippen molar-refractivity contribution >= 4 is 11.6 Å². The van der Waals surface area contributed by atoms with Crippen LogP contribution in [-0.2, 0) is 6.18 Å². The normalized spacial score (nSPS) is 11.4. The molecule has 0 saturated heterocycles. The van der Waals surface area contributed by atoms with E-state index >= 15 is 0 Å². The highest BCUT2D eigenvalue weighted by Gasteiger charge is 2.31. The molecule has 0 aliphatic heterocycles. The number of amides is 1. The predicted molar refractivity (Wildman–Crippen MR) is 92.4 cm³/mol. The molecule has 7 heteroatoms. The van der Waals surface area contributed by atoms with Gasteiger partial charge in [0.2, 0.25) is 0 Å². The Bertz CT molecular complexity index is 943. The third kappa shape index (κ3) is 3.77. The average molecular weight is 359 g/mol. The van der Waals surface area contributed by atoms with Gasteiger partial charge >= 0.3 is 6.18 Å². The summed E-state index contributed by atoms with van der Waals surface area (Å²) in [5, 5.41) is 2.58. The van der Waals surface area contributed by atoms with E-state index in [9.17, 15) is 18.0 Å². The second-order valence-electron chi connectivity index (χ2n) is 5.97. The maximum absolute atomic E-state index is 13.1. The van der Waals surface area contributed by atoms with E-state index in [1.54, 1.807) is 42.0 Å². The van der Waals surface area contributed by atoms with Gasteiger partial charge in [0.05, 0.1) is 29.0 Å². The number of hydrogen-bond acceptors (Lipinski definition) is 2. The summed E-state index contributed by atoms with van der Waals surface area (Å²) in [6.45, 7) is 3.65. The van der Waals surface area contributed by atoms with Crippen molar-refractivity contribution < 1.29 is 18.0 Å². The number of imidazole rings is 1. The molecule has 4 nitrogen and oxygen atoms in total. The lowest BCUT2D eigenvalue weighted by molar-refractivity contribution is -0.137. The Kier molecular flexibility index (Phi) is 4.54. The summed E-state index contributed by atoms with van der Waals surface area (Å²) in [5.74, 6) is -0.484. The van der Waals surface area contributed by atoms with Gasteiger partial charge in [-0.2, -0.15) is 13.2 Å². The quantitative estimate of drug-likeness (QED) is 0.733. The van der Waals surface area contributed by atoms with E-state index in [0.717, 1.165) is 17.7 Å². The van der Waals surface area contributed by atoms with Crippen molar-refractivity contribution in [2.24, 2.45) is 0 Å². The molecular formula is C19H16F3N3O. The van der Waals surface area contributed by atoms with Crippen molar-refractivity contribution in [3.8, 4) is 5.69 Å². The highest BCUT2D eigenvalue weighted by Crippen LogP contribution is 2.33. The fraction of sp³-hybridized carbons (Fsp3) is 0.158. The number of nitrogens with zero attached hydrogens (tertiary/aromatic N) is 2. The van der Waals surface area contributed by atoms with Gasteiger partial charge in [-0.3, -0.25) is 4.79 Å². The Balaban J connectivity index is 2.01. The van der Waals surface area contributed by atoms with Crippen LogP contribution >= 0.6 is 0 Å². The first-order valence-electron chi connectivity index (χ1n) is 7.84. The second kappa shape index (κ2) is 6.67. The Morgan fingerprint density at radius 2 is 1.77 bits per heavy atom. The summed E-state index contributed by atoms with van der Waals surface area (Å²) in [7, 11) is 0. The number of nitrogens with one attached hydrogen (secondary N) is 1. The number of halogens is 3. The molecule has 0 fully saturated rings. The van der Waals surface area contributed by atoms with Crippen LogP contribution in [0.1, 0.15) is 27.2 Å². The SMILES string of the molecule is Cc1ccc(C(=O)Nc2cc(C(F)(F)F)ccc2-n2cnc(C)c2)cc1. The molecule has 0 atom stereocenters. The van der Waals surface area contributed by atoms with Crippen LogP contribution in [-0.4, -0.2) is 15.5 Å². The summed E-state index contributed by atoms with van der Waals surface area (Å²) in [5.41, 5.74) is 1.68. The third-order valence-corrected chi connectivity index (χ3v) is 3.88. The molecule has 0 unspecified atom stereocenters. The van der Waals surface area contributed by atoms with E-state index in [1.165, 1.54) is 12.4 Å². The molecule has 0 saturated carbocycles. The molecule has 3 aromatic rings. The minimum atomic E-state index is -4.51. The monoisotopic (exact) mass is 359 g/mol. The van der Waals surface area contributed by atoms with Crippen molar-refractivity contribution in [1.82, 2.24) is 9.55 Å². The van der Waals surface area contributed by atoms with Crippen LogP contribution in [0.5, 0.6) is 0 Å². The van der Waals surface area contributed by atoms with Crippen molar-refractivity contribution in [3.05, 3.63) is 77.4 Å². The molecule has 26 heavy (non-hydrogen) atoms. The topological polar surface area (TPSA) is 46.9 Å². The van der Waals surface area contributed by atoms with Gasteiger partial charge < -0.3 is 9.88 Å². The lowest BCUT2D eigenvalue weighted by atomic mass is 10.1. The summed E-state index contributed by atoms with van der Waals surface area (Å²) in [4.78, 5) is 16.5. The van der Waals surface area contributed by atoms with Gasteiger partial charge in [-0.25, -0.2) is 4.98 Å². The highest BCUT2D eigenvalue weighted by molar-refractivity contribution is 6.05. The Labute approximate surface area is 148 Å². The van der Waals surface area contributed by atoms with Crippen LogP contribution in [0.25, 0.3) is 5.69 Å². The van der Waals surface area contributed by atoms with Gasteiger partial charge in [0.15, 0.2) is 0 Å². The predicted octanol–water partition coefficient (Wildman–Crippen LogP) is 4.76. The van der Waals surface area contributed by atoms with Gasteiger partial charge in [0.25, 0.3) is 5.91 Å². The maximum atomic E-state index is 13.1. The van der Waals surface area contributed by atoms with E-state index < -0.39 is 17.6 Å². The van der Waals surface area contributed by atoms with E-state index in [1.807, 2.05) is 6.92 Å². The fourth-order valence-corrected chi connectivity index (χ4v) is 2.49. The Hall–Kier alpha value is -3.09.